The molecule has 12 heavy (non-hydrogen) atoms. The van der Waals surface area contributed by atoms with E-state index >= 15 is 0 Å². The molecular formula is C5H10NO5P. The van der Waals surface area contributed by atoms with Gasteiger partial charge in [-0.2, -0.15) is 0 Å². The predicted octanol–water partition coefficient (Wildman–Crippen LogP) is 0.839. The molecule has 0 N–H and O–H groups in total. The van der Waals surface area contributed by atoms with Gasteiger partial charge in [0.2, 0.25) is 0 Å². The zero-order valence-corrected chi connectivity index (χ0v) is 7.74. The minimum atomic E-state index is -3.57. The van der Waals surface area contributed by atoms with Gasteiger partial charge in [0.25, 0.3) is 0 Å². The number of hydrogen-bond acceptors (Lipinski definition) is 5. The van der Waals surface area contributed by atoms with Gasteiger partial charge in [0, 0.05) is 14.1 Å². The van der Waals surface area contributed by atoms with Crippen molar-refractivity contribution in [1.82, 2.24) is 4.90 Å². The lowest BCUT2D eigenvalue weighted by molar-refractivity contribution is 0.149. The molecule has 0 aromatic heterocycles. The molecule has 1 aliphatic rings. The van der Waals surface area contributed by atoms with E-state index in [0.717, 1.165) is 4.90 Å². The fourth-order valence-corrected chi connectivity index (χ4v) is 1.70. The molecular weight excluding hydrogens is 185 g/mol. The second kappa shape index (κ2) is 3.43. The first-order chi connectivity index (χ1) is 5.53. The monoisotopic (exact) mass is 195 g/mol. The van der Waals surface area contributed by atoms with E-state index in [1.54, 1.807) is 0 Å². The molecule has 1 aliphatic heterocycles. The first-order valence-electron chi connectivity index (χ1n) is 3.33. The zero-order chi connectivity index (χ0) is 9.19. The summed E-state index contributed by atoms with van der Waals surface area (Å²) in [6.45, 7) is 0.385. The summed E-state index contributed by atoms with van der Waals surface area (Å²) in [6.07, 6.45) is -0.736. The number of hydrogen-bond donors (Lipinski definition) is 0. The van der Waals surface area contributed by atoms with Gasteiger partial charge in [0.15, 0.2) is 0 Å². The maximum Gasteiger partial charge on any atom is 0.533 e. The minimum absolute atomic E-state index is 0.192. The third-order valence-corrected chi connectivity index (χ3v) is 2.51. The van der Waals surface area contributed by atoms with Crippen molar-refractivity contribution < 1.29 is 22.9 Å². The topological polar surface area (TPSA) is 65.1 Å². The third kappa shape index (κ3) is 2.20. The molecule has 1 fully saturated rings. The minimum Gasteiger partial charge on any atom is -0.353 e. The third-order valence-electron chi connectivity index (χ3n) is 1.14. The highest BCUT2D eigenvalue weighted by molar-refractivity contribution is 7.49. The molecule has 6 nitrogen and oxygen atoms in total. The van der Waals surface area contributed by atoms with Crippen molar-refractivity contribution >= 4 is 13.9 Å². The van der Waals surface area contributed by atoms with Crippen molar-refractivity contribution in [1.29, 1.82) is 0 Å². The molecule has 0 unspecified atom stereocenters. The molecule has 7 heteroatoms. The highest BCUT2D eigenvalue weighted by Crippen LogP contribution is 2.52. The van der Waals surface area contributed by atoms with Gasteiger partial charge < -0.3 is 9.42 Å². The molecule has 0 aromatic rings. The number of carbonyl (C=O) groups is 1. The van der Waals surface area contributed by atoms with Gasteiger partial charge >= 0.3 is 13.9 Å². The Morgan fingerprint density at radius 1 is 1.42 bits per heavy atom. The van der Waals surface area contributed by atoms with E-state index in [9.17, 15) is 9.36 Å². The van der Waals surface area contributed by atoms with Crippen LogP contribution in [0.25, 0.3) is 0 Å². The lowest BCUT2D eigenvalue weighted by Crippen LogP contribution is -2.21. The summed E-state index contributed by atoms with van der Waals surface area (Å²) in [4.78, 5) is 12.0. The fourth-order valence-electron chi connectivity index (χ4n) is 0.565. The predicted molar refractivity (Wildman–Crippen MR) is 39.7 cm³/mol. The smallest absolute Gasteiger partial charge is 0.353 e. The summed E-state index contributed by atoms with van der Waals surface area (Å²) in [5, 5.41) is 0. The van der Waals surface area contributed by atoms with Crippen molar-refractivity contribution in [3.63, 3.8) is 0 Å². The van der Waals surface area contributed by atoms with E-state index in [2.05, 4.69) is 13.6 Å². The second-order valence-corrected chi connectivity index (χ2v) is 3.96. The van der Waals surface area contributed by atoms with E-state index in [1.165, 1.54) is 14.1 Å². The Morgan fingerprint density at radius 3 is 2.33 bits per heavy atom. The summed E-state index contributed by atoms with van der Waals surface area (Å²) in [7, 11) is -0.618. The fraction of sp³-hybridized carbons (Fsp3) is 0.800. The van der Waals surface area contributed by atoms with Crippen molar-refractivity contribution in [3.05, 3.63) is 0 Å². The maximum atomic E-state index is 11.2. The number of phosphoric acid groups is 1. The Bertz CT molecular complexity index is 218. The quantitative estimate of drug-likeness (QED) is 0.580. The van der Waals surface area contributed by atoms with Crippen LogP contribution in [0.3, 0.4) is 0 Å². The van der Waals surface area contributed by atoms with Crippen LogP contribution in [0.2, 0.25) is 0 Å². The lowest BCUT2D eigenvalue weighted by atomic mass is 10.8. The number of phosphoric ester groups is 1. The van der Waals surface area contributed by atoms with Crippen LogP contribution in [0.15, 0.2) is 0 Å². The molecule has 0 bridgehead atoms. The normalized spacial score (nSPS) is 20.5. The summed E-state index contributed by atoms with van der Waals surface area (Å²) in [6, 6.07) is 0. The average molecular weight is 195 g/mol. The Kier molecular flexibility index (Phi) is 2.72. The largest absolute Gasteiger partial charge is 0.533 e. The summed E-state index contributed by atoms with van der Waals surface area (Å²) >= 11 is 0. The molecule has 0 radical (unpaired) electrons. The van der Waals surface area contributed by atoms with Crippen LogP contribution in [0.5, 0.6) is 0 Å². The van der Waals surface area contributed by atoms with Gasteiger partial charge in [0.05, 0.1) is 13.2 Å². The van der Waals surface area contributed by atoms with Crippen LogP contribution in [0.1, 0.15) is 0 Å². The summed E-state index contributed by atoms with van der Waals surface area (Å²) in [5.41, 5.74) is 0. The second-order valence-electron chi connectivity index (χ2n) is 2.37. The molecule has 0 aromatic carbocycles. The molecule has 70 valence electrons. The van der Waals surface area contributed by atoms with Gasteiger partial charge in [-0.05, 0) is 0 Å². The molecule has 0 spiro atoms. The Labute approximate surface area is 70.0 Å². The standard InChI is InChI=1S/C5H10NO5P/c1-6(2)5(7)11-12(8)9-3-4-10-12/h3-4H2,1-2H3. The van der Waals surface area contributed by atoms with E-state index in [0.29, 0.717) is 0 Å². The Hall–Kier alpha value is -0.580. The SMILES string of the molecule is CN(C)C(=O)OP1(=O)OCCO1. The zero-order valence-electron chi connectivity index (χ0n) is 6.85. The van der Waals surface area contributed by atoms with E-state index in [-0.39, 0.29) is 13.2 Å². The number of rotatable bonds is 1. The number of amides is 1. The van der Waals surface area contributed by atoms with Crippen LogP contribution in [-0.2, 0) is 18.1 Å². The van der Waals surface area contributed by atoms with Gasteiger partial charge in [-0.15, -0.1) is 0 Å². The Balaban J connectivity index is 2.50. The van der Waals surface area contributed by atoms with Crippen molar-refractivity contribution in [2.75, 3.05) is 27.3 Å². The van der Waals surface area contributed by atoms with Crippen LogP contribution in [0, 0.1) is 0 Å². The van der Waals surface area contributed by atoms with Crippen molar-refractivity contribution in [3.8, 4) is 0 Å². The highest BCUT2D eigenvalue weighted by atomic mass is 31.2. The van der Waals surface area contributed by atoms with E-state index in [1.807, 2.05) is 0 Å². The molecule has 0 saturated carbocycles. The van der Waals surface area contributed by atoms with E-state index < -0.39 is 13.9 Å². The molecule has 0 aliphatic carbocycles. The maximum absolute atomic E-state index is 11.2. The first kappa shape index (κ1) is 9.51. The first-order valence-corrected chi connectivity index (χ1v) is 4.79. The van der Waals surface area contributed by atoms with E-state index in [4.69, 9.17) is 0 Å². The van der Waals surface area contributed by atoms with Crippen molar-refractivity contribution in [2.45, 2.75) is 0 Å². The number of nitrogens with zero attached hydrogens (tertiary/aromatic N) is 1. The van der Waals surface area contributed by atoms with Gasteiger partial charge in [-0.25, -0.2) is 9.36 Å². The summed E-state index contributed by atoms with van der Waals surface area (Å²) in [5.74, 6) is 0. The molecule has 0 atom stereocenters. The van der Waals surface area contributed by atoms with Gasteiger partial charge in [0.1, 0.15) is 0 Å². The molecule has 1 saturated heterocycles. The Morgan fingerprint density at radius 2 is 1.92 bits per heavy atom. The number of carbonyl (C=O) groups excluding carboxylic acids is 1. The summed E-state index contributed by atoms with van der Waals surface area (Å²) < 4.78 is 24.9. The molecule has 1 amide bonds. The van der Waals surface area contributed by atoms with Crippen LogP contribution >= 0.6 is 7.82 Å². The van der Waals surface area contributed by atoms with Crippen LogP contribution in [0.4, 0.5) is 4.79 Å². The average Bonchev–Trinajstić information content (AvgIpc) is 2.35. The van der Waals surface area contributed by atoms with Crippen molar-refractivity contribution in [2.24, 2.45) is 0 Å². The molecule has 1 heterocycles. The highest BCUT2D eigenvalue weighted by Gasteiger charge is 2.36. The van der Waals surface area contributed by atoms with Crippen LogP contribution in [-0.4, -0.2) is 38.3 Å². The van der Waals surface area contributed by atoms with Crippen LogP contribution < -0.4 is 0 Å². The van der Waals surface area contributed by atoms with Gasteiger partial charge in [-0.3, -0.25) is 9.05 Å². The van der Waals surface area contributed by atoms with Gasteiger partial charge in [-0.1, -0.05) is 0 Å². The lowest BCUT2D eigenvalue weighted by Gasteiger charge is -2.13. The molecule has 1 rings (SSSR count).